The summed E-state index contributed by atoms with van der Waals surface area (Å²) in [5, 5.41) is 17.7. The van der Waals surface area contributed by atoms with Crippen LogP contribution in [0.1, 0.15) is 19.8 Å². The minimum atomic E-state index is -0.0568. The van der Waals surface area contributed by atoms with Gasteiger partial charge >= 0.3 is 0 Å². The van der Waals surface area contributed by atoms with Crippen molar-refractivity contribution in [2.45, 2.75) is 25.9 Å². The fraction of sp³-hybridized carbons (Fsp3) is 1.00. The van der Waals surface area contributed by atoms with Gasteiger partial charge in [0.15, 0.2) is 0 Å². The monoisotopic (exact) mass is 260 g/mol. The molecule has 0 aromatic rings. The minimum Gasteiger partial charge on any atom is -0.395 e. The second kappa shape index (κ2) is 9.69. The van der Waals surface area contributed by atoms with Gasteiger partial charge in [0, 0.05) is 26.2 Å². The van der Waals surface area contributed by atoms with Gasteiger partial charge in [0.25, 0.3) is 0 Å². The van der Waals surface area contributed by atoms with Gasteiger partial charge < -0.3 is 19.8 Å². The topological polar surface area (TPSA) is 56.2 Å². The number of aliphatic hydroxyl groups excluding tert-OH is 2. The number of morpholine rings is 1. The molecule has 0 aromatic heterocycles. The van der Waals surface area contributed by atoms with E-state index in [1.807, 2.05) is 0 Å². The average molecular weight is 260 g/mol. The van der Waals surface area contributed by atoms with Gasteiger partial charge in [-0.05, 0) is 25.9 Å². The lowest BCUT2D eigenvalue weighted by Crippen LogP contribution is -2.37. The lowest BCUT2D eigenvalue weighted by atomic mass is 10.1. The van der Waals surface area contributed by atoms with Crippen molar-refractivity contribution in [3.05, 3.63) is 0 Å². The molecule has 2 aliphatic heterocycles. The van der Waals surface area contributed by atoms with Crippen LogP contribution in [0, 0.1) is 0 Å². The van der Waals surface area contributed by atoms with Crippen LogP contribution in [0.4, 0.5) is 0 Å². The lowest BCUT2D eigenvalue weighted by molar-refractivity contribution is 0.0306. The van der Waals surface area contributed by atoms with Gasteiger partial charge in [-0.3, -0.25) is 4.90 Å². The maximum absolute atomic E-state index is 9.17. The quantitative estimate of drug-likeness (QED) is 0.734. The number of nitrogens with zero attached hydrogens (tertiary/aromatic N) is 2. The molecule has 0 bridgehead atoms. The molecule has 18 heavy (non-hydrogen) atoms. The number of ether oxygens (including phenoxy) is 1. The lowest BCUT2D eigenvalue weighted by Gasteiger charge is -2.28. The molecule has 2 aliphatic rings. The fourth-order valence-electron chi connectivity index (χ4n) is 2.28. The molecule has 2 rings (SSSR count). The molecule has 2 heterocycles. The Labute approximate surface area is 110 Å². The van der Waals surface area contributed by atoms with Crippen molar-refractivity contribution >= 4 is 0 Å². The number of rotatable bonds is 3. The Bertz CT molecular complexity index is 196. The number of aliphatic hydroxyl groups is 2. The van der Waals surface area contributed by atoms with Crippen LogP contribution in [0.3, 0.4) is 0 Å². The highest BCUT2D eigenvalue weighted by Crippen LogP contribution is 2.08. The zero-order chi connectivity index (χ0) is 13.2. The molecule has 5 heteroatoms. The third-order valence-electron chi connectivity index (χ3n) is 3.45. The van der Waals surface area contributed by atoms with Gasteiger partial charge in [-0.1, -0.05) is 6.92 Å². The maximum Gasteiger partial charge on any atom is 0.0667 e. The summed E-state index contributed by atoms with van der Waals surface area (Å²) in [6.45, 7) is 9.92. The molecule has 0 saturated carbocycles. The van der Waals surface area contributed by atoms with Crippen molar-refractivity contribution in [1.29, 1.82) is 0 Å². The molecule has 5 nitrogen and oxygen atoms in total. The van der Waals surface area contributed by atoms with Crippen LogP contribution in [-0.4, -0.2) is 85.2 Å². The number of hydrogen-bond acceptors (Lipinski definition) is 5. The van der Waals surface area contributed by atoms with Crippen molar-refractivity contribution in [2.24, 2.45) is 0 Å². The summed E-state index contributed by atoms with van der Waals surface area (Å²) in [5.41, 5.74) is 0. The first-order chi connectivity index (χ1) is 8.76. The van der Waals surface area contributed by atoms with Crippen molar-refractivity contribution in [2.75, 3.05) is 59.1 Å². The van der Waals surface area contributed by atoms with Gasteiger partial charge in [0.2, 0.25) is 0 Å². The smallest absolute Gasteiger partial charge is 0.0667 e. The summed E-state index contributed by atoms with van der Waals surface area (Å²) in [5.74, 6) is 0. The predicted molar refractivity (Wildman–Crippen MR) is 71.7 cm³/mol. The highest BCUT2D eigenvalue weighted by atomic mass is 16.5. The number of piperidine rings is 1. The van der Waals surface area contributed by atoms with E-state index in [-0.39, 0.29) is 12.7 Å². The van der Waals surface area contributed by atoms with Crippen LogP contribution in [0.2, 0.25) is 0 Å². The van der Waals surface area contributed by atoms with E-state index in [1.165, 1.54) is 6.54 Å². The van der Waals surface area contributed by atoms with E-state index in [0.29, 0.717) is 0 Å². The minimum absolute atomic E-state index is 0.0568. The molecule has 0 spiro atoms. The van der Waals surface area contributed by atoms with E-state index in [2.05, 4.69) is 16.7 Å². The summed E-state index contributed by atoms with van der Waals surface area (Å²) in [7, 11) is 0. The van der Waals surface area contributed by atoms with Crippen molar-refractivity contribution in [3.63, 3.8) is 0 Å². The van der Waals surface area contributed by atoms with Crippen LogP contribution < -0.4 is 0 Å². The maximum atomic E-state index is 9.17. The first-order valence-electron chi connectivity index (χ1n) is 7.07. The standard InChI is InChI=1S/C7H15NO.C6H13NO2/c1-2-8-5-3-4-7(9)6-8;8-4-1-7-2-5-9-6-3-7/h7,9H,2-6H2,1H3;8H,1-6H2. The molecule has 2 fully saturated rings. The molecule has 2 saturated heterocycles. The fourth-order valence-corrected chi connectivity index (χ4v) is 2.28. The highest BCUT2D eigenvalue weighted by Gasteiger charge is 2.14. The van der Waals surface area contributed by atoms with Gasteiger partial charge in [-0.2, -0.15) is 0 Å². The van der Waals surface area contributed by atoms with Crippen molar-refractivity contribution < 1.29 is 14.9 Å². The normalized spacial score (nSPS) is 26.5. The molecule has 1 atom stereocenters. The second-order valence-electron chi connectivity index (χ2n) is 4.87. The Morgan fingerprint density at radius 1 is 1.17 bits per heavy atom. The highest BCUT2D eigenvalue weighted by molar-refractivity contribution is 4.69. The Hall–Kier alpha value is -0.200. The van der Waals surface area contributed by atoms with Crippen LogP contribution in [0.5, 0.6) is 0 Å². The Kier molecular flexibility index (Phi) is 8.54. The third-order valence-corrected chi connectivity index (χ3v) is 3.45. The van der Waals surface area contributed by atoms with Crippen LogP contribution in [0.25, 0.3) is 0 Å². The largest absolute Gasteiger partial charge is 0.395 e. The van der Waals surface area contributed by atoms with Gasteiger partial charge in [-0.25, -0.2) is 0 Å². The van der Waals surface area contributed by atoms with E-state index >= 15 is 0 Å². The molecule has 2 N–H and O–H groups in total. The van der Waals surface area contributed by atoms with Gasteiger partial charge in [0.05, 0.1) is 25.9 Å². The third kappa shape index (κ3) is 6.66. The van der Waals surface area contributed by atoms with Gasteiger partial charge in [-0.15, -0.1) is 0 Å². The summed E-state index contributed by atoms with van der Waals surface area (Å²) in [4.78, 5) is 4.48. The van der Waals surface area contributed by atoms with Crippen LogP contribution >= 0.6 is 0 Å². The van der Waals surface area contributed by atoms with E-state index in [4.69, 9.17) is 14.9 Å². The molecule has 0 radical (unpaired) electrons. The molecule has 1 unspecified atom stereocenters. The molecular formula is C13H28N2O3. The summed E-state index contributed by atoms with van der Waals surface area (Å²) < 4.78 is 5.12. The Morgan fingerprint density at radius 2 is 1.89 bits per heavy atom. The number of hydrogen-bond donors (Lipinski definition) is 2. The number of β-amino-alcohol motifs (C(OH)–C–C–N with tert-alkyl or cyclic N) is 2. The van der Waals surface area contributed by atoms with Crippen LogP contribution in [-0.2, 0) is 4.74 Å². The summed E-state index contributed by atoms with van der Waals surface area (Å²) in [6.07, 6.45) is 2.10. The SMILES string of the molecule is CCN1CCCC(O)C1.OCCN1CCOCC1. The number of likely N-dealkylation sites (N-methyl/N-ethyl adjacent to an activating group) is 1. The Morgan fingerprint density at radius 3 is 2.39 bits per heavy atom. The predicted octanol–water partition coefficient (Wildman–Crippen LogP) is -0.226. The van der Waals surface area contributed by atoms with E-state index < -0.39 is 0 Å². The van der Waals surface area contributed by atoms with Crippen molar-refractivity contribution in [1.82, 2.24) is 9.80 Å². The molecule has 108 valence electrons. The average Bonchev–Trinajstić information content (AvgIpc) is 2.41. The Balaban J connectivity index is 0.000000180. The zero-order valence-corrected chi connectivity index (χ0v) is 11.6. The van der Waals surface area contributed by atoms with E-state index in [0.717, 1.165) is 58.8 Å². The summed E-state index contributed by atoms with van der Waals surface area (Å²) in [6, 6.07) is 0. The van der Waals surface area contributed by atoms with Gasteiger partial charge in [0.1, 0.15) is 0 Å². The molecule has 0 aromatic carbocycles. The van der Waals surface area contributed by atoms with Crippen molar-refractivity contribution in [3.8, 4) is 0 Å². The molecular weight excluding hydrogens is 232 g/mol. The number of likely N-dealkylation sites (tertiary alicyclic amines) is 1. The summed E-state index contributed by atoms with van der Waals surface area (Å²) >= 11 is 0. The van der Waals surface area contributed by atoms with E-state index in [9.17, 15) is 0 Å². The zero-order valence-electron chi connectivity index (χ0n) is 11.6. The molecule has 0 amide bonds. The van der Waals surface area contributed by atoms with Crippen LogP contribution in [0.15, 0.2) is 0 Å². The first-order valence-corrected chi connectivity index (χ1v) is 7.07. The molecule has 0 aliphatic carbocycles. The van der Waals surface area contributed by atoms with E-state index in [1.54, 1.807) is 0 Å². The first kappa shape index (κ1) is 15.9. The second-order valence-corrected chi connectivity index (χ2v) is 4.87.